The highest BCUT2D eigenvalue weighted by atomic mass is 35.5. The van der Waals surface area contributed by atoms with Crippen molar-refractivity contribution in [2.45, 2.75) is 58.6 Å². The van der Waals surface area contributed by atoms with Crippen molar-refractivity contribution in [1.82, 2.24) is 4.90 Å². The molecule has 8 heteroatoms. The van der Waals surface area contributed by atoms with Gasteiger partial charge in [0.1, 0.15) is 5.75 Å². The molecule has 1 aromatic heterocycles. The number of aliphatic hydroxyl groups is 2. The number of aromatic hydroxyl groups is 1. The second-order valence-corrected chi connectivity index (χ2v) is 11.5. The Kier molecular flexibility index (Phi) is 8.90. The van der Waals surface area contributed by atoms with E-state index in [1.807, 2.05) is 30.5 Å². The van der Waals surface area contributed by atoms with Gasteiger partial charge in [-0.1, -0.05) is 48.2 Å². The molecule has 0 radical (unpaired) electrons. The van der Waals surface area contributed by atoms with Crippen LogP contribution in [0.5, 0.6) is 5.75 Å². The van der Waals surface area contributed by atoms with Crippen molar-refractivity contribution in [1.29, 1.82) is 0 Å². The van der Waals surface area contributed by atoms with Gasteiger partial charge in [0.15, 0.2) is 0 Å². The third kappa shape index (κ3) is 5.85. The number of hydrogen-bond donors (Lipinski definition) is 3. The maximum Gasteiger partial charge on any atom is 0.234 e. The number of hydrogen-bond acceptors (Lipinski definition) is 6. The van der Waals surface area contributed by atoms with Gasteiger partial charge in [-0.15, -0.1) is 11.3 Å². The van der Waals surface area contributed by atoms with Crippen molar-refractivity contribution in [3.8, 4) is 5.75 Å². The molecule has 1 aliphatic carbocycles. The number of phenolic OH excluding ortho intramolecular Hbond substituents is 1. The number of thiophene rings is 1. The zero-order valence-electron chi connectivity index (χ0n) is 21.2. The molecule has 198 valence electrons. The average molecular weight is 544 g/mol. The summed E-state index contributed by atoms with van der Waals surface area (Å²) in [4.78, 5) is 29.1. The molecule has 2 amide bonds. The predicted molar refractivity (Wildman–Crippen MR) is 146 cm³/mol. The quantitative estimate of drug-likeness (QED) is 0.269. The zero-order chi connectivity index (χ0) is 26.7. The van der Waals surface area contributed by atoms with E-state index >= 15 is 0 Å². The van der Waals surface area contributed by atoms with Crippen molar-refractivity contribution < 1.29 is 24.9 Å². The number of fused-ring (bicyclic) bond motifs is 1. The van der Waals surface area contributed by atoms with Crippen LogP contribution in [0.2, 0.25) is 5.02 Å². The second kappa shape index (κ2) is 11.9. The Morgan fingerprint density at radius 1 is 1.27 bits per heavy atom. The van der Waals surface area contributed by atoms with Crippen LogP contribution in [-0.2, 0) is 16.1 Å². The molecule has 2 aromatic rings. The monoisotopic (exact) mass is 543 g/mol. The van der Waals surface area contributed by atoms with Gasteiger partial charge in [-0.3, -0.25) is 14.5 Å². The van der Waals surface area contributed by atoms with Crippen molar-refractivity contribution in [3.05, 3.63) is 67.9 Å². The van der Waals surface area contributed by atoms with E-state index in [9.17, 15) is 24.9 Å². The number of benzene rings is 1. The summed E-state index contributed by atoms with van der Waals surface area (Å²) >= 11 is 7.74. The molecule has 4 atom stereocenters. The molecule has 4 rings (SSSR count). The van der Waals surface area contributed by atoms with Crippen LogP contribution < -0.4 is 0 Å². The summed E-state index contributed by atoms with van der Waals surface area (Å²) in [5, 5.41) is 33.8. The van der Waals surface area contributed by atoms with E-state index in [2.05, 4.69) is 6.92 Å². The molecule has 1 saturated heterocycles. The van der Waals surface area contributed by atoms with E-state index in [0.717, 1.165) is 40.0 Å². The van der Waals surface area contributed by atoms with E-state index in [1.54, 1.807) is 12.1 Å². The SMILES string of the molecule is CCCC1=C([C@H](O)CC/C(C)=C/c2ccc(O)cc2Cl)[C@H](CO)[C@@H]2C(=O)N(Cc3cccs3)C(=O)[C@@H]2C1. The van der Waals surface area contributed by atoms with Crippen molar-refractivity contribution >= 4 is 40.8 Å². The number of rotatable bonds is 10. The van der Waals surface area contributed by atoms with Crippen LogP contribution in [0.4, 0.5) is 0 Å². The predicted octanol–water partition coefficient (Wildman–Crippen LogP) is 5.56. The summed E-state index contributed by atoms with van der Waals surface area (Å²) in [6.07, 6.45) is 4.13. The Morgan fingerprint density at radius 3 is 2.70 bits per heavy atom. The van der Waals surface area contributed by atoms with Crippen LogP contribution >= 0.6 is 22.9 Å². The number of amides is 2. The number of nitrogens with zero attached hydrogens (tertiary/aromatic N) is 1. The lowest BCUT2D eigenvalue weighted by Crippen LogP contribution is -2.39. The molecule has 1 aromatic carbocycles. The number of imide groups is 1. The van der Waals surface area contributed by atoms with Crippen LogP contribution in [-0.4, -0.2) is 44.7 Å². The second-order valence-electron chi connectivity index (χ2n) is 10.0. The zero-order valence-corrected chi connectivity index (χ0v) is 22.8. The third-order valence-electron chi connectivity index (χ3n) is 7.48. The maximum atomic E-state index is 13.5. The van der Waals surface area contributed by atoms with Gasteiger partial charge in [0.2, 0.25) is 11.8 Å². The summed E-state index contributed by atoms with van der Waals surface area (Å²) in [6.45, 7) is 3.98. The molecule has 37 heavy (non-hydrogen) atoms. The van der Waals surface area contributed by atoms with Crippen LogP contribution in [0.25, 0.3) is 6.08 Å². The number of allylic oxidation sites excluding steroid dienone is 2. The van der Waals surface area contributed by atoms with Gasteiger partial charge >= 0.3 is 0 Å². The van der Waals surface area contributed by atoms with Gasteiger partial charge in [0.05, 0.1) is 36.1 Å². The molecule has 2 heterocycles. The van der Waals surface area contributed by atoms with E-state index in [4.69, 9.17) is 11.6 Å². The Balaban J connectivity index is 1.55. The van der Waals surface area contributed by atoms with Crippen molar-refractivity contribution in [3.63, 3.8) is 0 Å². The number of carbonyl (C=O) groups excluding carboxylic acids is 2. The highest BCUT2D eigenvalue weighted by molar-refractivity contribution is 7.09. The summed E-state index contributed by atoms with van der Waals surface area (Å²) in [7, 11) is 0. The number of aliphatic hydroxyl groups excluding tert-OH is 2. The first-order valence-corrected chi connectivity index (χ1v) is 14.0. The van der Waals surface area contributed by atoms with Crippen molar-refractivity contribution in [2.75, 3.05) is 6.61 Å². The minimum absolute atomic E-state index is 0.102. The Hall–Kier alpha value is -2.45. The van der Waals surface area contributed by atoms with Gasteiger partial charge in [0, 0.05) is 10.8 Å². The van der Waals surface area contributed by atoms with E-state index in [-0.39, 0.29) is 30.7 Å². The van der Waals surface area contributed by atoms with Crippen LogP contribution in [0.1, 0.15) is 56.4 Å². The lowest BCUT2D eigenvalue weighted by Gasteiger charge is -2.36. The largest absolute Gasteiger partial charge is 0.508 e. The molecule has 1 aliphatic heterocycles. The van der Waals surface area contributed by atoms with Crippen LogP contribution in [0.3, 0.4) is 0 Å². The Bertz CT molecular complexity index is 1200. The standard InChI is InChI=1S/C29H34ClNO5S/c1-3-5-19-13-22-27(29(36)31(28(22)35)15-21-6-4-11-37-21)23(16-32)26(19)25(34)10-7-17(2)12-18-8-9-20(33)14-24(18)30/h4,6,8-9,11-12,14,22-23,25,27,32-34H,3,5,7,10,13,15-16H2,1-2H3/b17-12+/t22-,23+,25-,27-/m1/s1. The molecule has 0 unspecified atom stereocenters. The highest BCUT2D eigenvalue weighted by Gasteiger charge is 2.54. The number of carbonyl (C=O) groups is 2. The third-order valence-corrected chi connectivity index (χ3v) is 8.66. The summed E-state index contributed by atoms with van der Waals surface area (Å²) in [6, 6.07) is 8.62. The number of phenols is 1. The van der Waals surface area contributed by atoms with Gasteiger partial charge in [-0.25, -0.2) is 0 Å². The first kappa shape index (κ1) is 27.6. The highest BCUT2D eigenvalue weighted by Crippen LogP contribution is 2.47. The lowest BCUT2D eigenvalue weighted by molar-refractivity contribution is -0.140. The fourth-order valence-electron chi connectivity index (χ4n) is 5.77. The Labute approximate surface area is 226 Å². The smallest absolute Gasteiger partial charge is 0.234 e. The fourth-order valence-corrected chi connectivity index (χ4v) is 6.69. The first-order chi connectivity index (χ1) is 17.7. The van der Waals surface area contributed by atoms with Gasteiger partial charge in [0.25, 0.3) is 0 Å². The normalized spacial score (nSPS) is 23.1. The molecule has 2 aliphatic rings. The molecule has 0 spiro atoms. The van der Waals surface area contributed by atoms with Crippen LogP contribution in [0.15, 0.2) is 52.4 Å². The van der Waals surface area contributed by atoms with Gasteiger partial charge < -0.3 is 15.3 Å². The molecular weight excluding hydrogens is 510 g/mol. The summed E-state index contributed by atoms with van der Waals surface area (Å²) in [5.41, 5.74) is 3.53. The number of likely N-dealkylation sites (tertiary alicyclic amines) is 1. The van der Waals surface area contributed by atoms with E-state index < -0.39 is 23.9 Å². The van der Waals surface area contributed by atoms with E-state index in [0.29, 0.717) is 24.3 Å². The lowest BCUT2D eigenvalue weighted by atomic mass is 9.67. The molecule has 6 nitrogen and oxygen atoms in total. The summed E-state index contributed by atoms with van der Waals surface area (Å²) < 4.78 is 0. The van der Waals surface area contributed by atoms with Gasteiger partial charge in [-0.2, -0.15) is 0 Å². The molecule has 1 fully saturated rings. The average Bonchev–Trinajstić information content (AvgIpc) is 3.46. The first-order valence-electron chi connectivity index (χ1n) is 12.8. The molecular formula is C29H34ClNO5S. The van der Waals surface area contributed by atoms with E-state index in [1.165, 1.54) is 22.3 Å². The van der Waals surface area contributed by atoms with Crippen molar-refractivity contribution in [2.24, 2.45) is 17.8 Å². The molecule has 3 N–H and O–H groups in total. The van der Waals surface area contributed by atoms with Gasteiger partial charge in [-0.05, 0) is 73.4 Å². The molecule has 0 bridgehead atoms. The minimum Gasteiger partial charge on any atom is -0.508 e. The Morgan fingerprint density at radius 2 is 2.05 bits per heavy atom. The minimum atomic E-state index is -0.826. The number of halogens is 1. The summed E-state index contributed by atoms with van der Waals surface area (Å²) in [5.74, 6) is -2.02. The maximum absolute atomic E-state index is 13.5. The fraction of sp³-hybridized carbons (Fsp3) is 0.448. The molecule has 0 saturated carbocycles. The van der Waals surface area contributed by atoms with Crippen LogP contribution in [0, 0.1) is 17.8 Å². The topological polar surface area (TPSA) is 98.1 Å².